The Balaban J connectivity index is 0.000000624. The fourth-order valence-electron chi connectivity index (χ4n) is 10.3. The molecule has 14 nitrogen and oxygen atoms in total. The molecule has 358 valence electrons. The van der Waals surface area contributed by atoms with E-state index < -0.39 is 5.60 Å². The second-order valence-corrected chi connectivity index (χ2v) is 19.3. The molecular weight excluding hydrogens is 857 g/mol. The minimum atomic E-state index is -0.855. The topological polar surface area (TPSA) is 170 Å². The Labute approximate surface area is 399 Å². The van der Waals surface area contributed by atoms with Crippen LogP contribution in [0.1, 0.15) is 134 Å². The Kier molecular flexibility index (Phi) is 15.0. The second-order valence-electron chi connectivity index (χ2n) is 19.3. The Morgan fingerprint density at radius 2 is 1.46 bits per heavy atom. The van der Waals surface area contributed by atoms with Crippen LogP contribution in [-0.4, -0.2) is 92.1 Å². The van der Waals surface area contributed by atoms with Crippen molar-refractivity contribution in [2.75, 3.05) is 49.5 Å². The fourth-order valence-corrected chi connectivity index (χ4v) is 10.3. The number of fused-ring (bicyclic) bond motifs is 1. The van der Waals surface area contributed by atoms with Crippen LogP contribution < -0.4 is 21.1 Å². The van der Waals surface area contributed by atoms with Gasteiger partial charge in [0.25, 0.3) is 5.56 Å². The third-order valence-electron chi connectivity index (χ3n) is 14.5. The highest BCUT2D eigenvalue weighted by Gasteiger charge is 2.35. The molecule has 4 aliphatic rings. The largest absolute Gasteiger partial charge is 0.385 e. The van der Waals surface area contributed by atoms with E-state index in [0.29, 0.717) is 42.8 Å². The molecule has 5 aromatic rings. The lowest BCUT2D eigenvalue weighted by molar-refractivity contribution is -0.135. The van der Waals surface area contributed by atoms with Gasteiger partial charge in [0.1, 0.15) is 5.65 Å². The molecule has 5 heterocycles. The van der Waals surface area contributed by atoms with Crippen molar-refractivity contribution in [3.8, 4) is 0 Å². The van der Waals surface area contributed by atoms with Crippen LogP contribution in [0.15, 0.2) is 77.7 Å². The molecule has 2 amide bonds. The number of rotatable bonds is 12. The van der Waals surface area contributed by atoms with Gasteiger partial charge in [-0.05, 0) is 111 Å². The number of benzene rings is 3. The lowest BCUT2D eigenvalue weighted by Crippen LogP contribution is -2.45. The van der Waals surface area contributed by atoms with Gasteiger partial charge in [0, 0.05) is 99.3 Å². The molecule has 0 spiro atoms. The number of aryl methyl sites for hydroxylation is 2. The molecule has 14 heteroatoms. The summed E-state index contributed by atoms with van der Waals surface area (Å²) in [5.74, 6) is 0.0174. The third-order valence-corrected chi connectivity index (χ3v) is 14.5. The fraction of sp³-hybridized carbons (Fsp3) is 0.463. The monoisotopic (exact) mass is 923 g/mol. The van der Waals surface area contributed by atoms with E-state index in [-0.39, 0.29) is 46.5 Å². The Bertz CT molecular complexity index is 2710. The summed E-state index contributed by atoms with van der Waals surface area (Å²) in [7, 11) is 0. The predicted molar refractivity (Wildman–Crippen MR) is 265 cm³/mol. The van der Waals surface area contributed by atoms with Crippen molar-refractivity contribution in [1.82, 2.24) is 29.7 Å². The molecule has 4 fully saturated rings. The number of carbonyl (C=O) groups excluding carboxylic acids is 4. The molecular formula is C54H66N8O6. The van der Waals surface area contributed by atoms with Gasteiger partial charge in [-0.15, -0.1) is 0 Å². The molecule has 9 rings (SSSR count). The standard InChI is InChI=1S/C48H57N7O4.C6H9NO2/c1-5-37-28-38(14-19-42(37)33(3)56)48(59)20-22-52(23-21-48)30-35-10-12-36(13-11-35)31-53-24-26-54(27-25-53)40-17-15-39(16-18-40)50-47-49-29-43-32(2)44(34(4)57)46(58)55(45(43)51-47)41-8-6-7-9-41;1-4-2-3-5(8)7-6(4)9/h10-19,28-29,41,59H,5-9,20-27,30-31H2,1-4H3,(H,49,50,51);4H,2-3H2,1H3,(H,7,8,9). The van der Waals surface area contributed by atoms with Gasteiger partial charge in [0.15, 0.2) is 11.6 Å². The van der Waals surface area contributed by atoms with Crippen LogP contribution >= 0.6 is 0 Å². The SMILES string of the molecule is CC1CCC(=O)NC1=O.CCc1cc(C2(O)CCN(Cc3ccc(CN4CCN(c5ccc(Nc6ncc7c(C)c(C(C)=O)c(=O)n(C8CCCC8)c7n6)cc5)CC4)cc3)CC2)ccc1C(C)=O. The van der Waals surface area contributed by atoms with Crippen LogP contribution in [0.3, 0.4) is 0 Å². The number of carbonyl (C=O) groups is 4. The molecule has 3 N–H and O–H groups in total. The summed E-state index contributed by atoms with van der Waals surface area (Å²) in [5, 5.41) is 17.9. The summed E-state index contributed by atoms with van der Waals surface area (Å²) in [6, 6.07) is 23.3. The number of piperazine rings is 1. The average Bonchev–Trinajstić information content (AvgIpc) is 3.87. The normalized spacial score (nSPS) is 19.1. The minimum absolute atomic E-state index is 0.0164. The number of hydrogen-bond donors (Lipinski definition) is 3. The molecule has 1 saturated carbocycles. The summed E-state index contributed by atoms with van der Waals surface area (Å²) in [6.07, 6.45) is 8.99. The van der Waals surface area contributed by atoms with E-state index in [9.17, 15) is 29.1 Å². The highest BCUT2D eigenvalue weighted by Crippen LogP contribution is 2.35. The molecule has 1 aliphatic carbocycles. The van der Waals surface area contributed by atoms with Gasteiger partial charge in [-0.3, -0.25) is 43.7 Å². The molecule has 3 aliphatic heterocycles. The van der Waals surface area contributed by atoms with E-state index in [0.717, 1.165) is 112 Å². The van der Waals surface area contributed by atoms with Crippen LogP contribution in [0.5, 0.6) is 0 Å². The maximum absolute atomic E-state index is 13.6. The maximum atomic E-state index is 13.6. The maximum Gasteiger partial charge on any atom is 0.263 e. The van der Waals surface area contributed by atoms with E-state index in [1.54, 1.807) is 17.7 Å². The molecule has 68 heavy (non-hydrogen) atoms. The number of Topliss-reactive ketones (excluding diaryl/α,β-unsaturated/α-hetero) is 2. The molecule has 0 radical (unpaired) electrons. The van der Waals surface area contributed by atoms with Crippen molar-refractivity contribution in [3.63, 3.8) is 0 Å². The molecule has 1 atom stereocenters. The van der Waals surface area contributed by atoms with E-state index >= 15 is 0 Å². The Morgan fingerprint density at radius 3 is 2.03 bits per heavy atom. The number of pyridine rings is 1. The quantitative estimate of drug-likeness (QED) is 0.0822. The number of nitrogens with one attached hydrogen (secondary N) is 2. The number of aliphatic hydroxyl groups is 1. The summed E-state index contributed by atoms with van der Waals surface area (Å²) >= 11 is 0. The number of amides is 2. The summed E-state index contributed by atoms with van der Waals surface area (Å²) in [5.41, 5.74) is 7.71. The van der Waals surface area contributed by atoms with Gasteiger partial charge in [0.05, 0.1) is 11.2 Å². The van der Waals surface area contributed by atoms with Crippen molar-refractivity contribution in [2.45, 2.75) is 117 Å². The highest BCUT2D eigenvalue weighted by atomic mass is 16.3. The van der Waals surface area contributed by atoms with Crippen LogP contribution in [0.4, 0.5) is 17.3 Å². The molecule has 1 unspecified atom stereocenters. The van der Waals surface area contributed by atoms with E-state index in [4.69, 9.17) is 4.98 Å². The summed E-state index contributed by atoms with van der Waals surface area (Å²) < 4.78 is 1.75. The molecule has 3 aromatic carbocycles. The van der Waals surface area contributed by atoms with E-state index in [2.05, 4.69) is 73.6 Å². The molecule has 2 aromatic heterocycles. The first-order chi connectivity index (χ1) is 32.7. The second kappa shape index (κ2) is 21.1. The van der Waals surface area contributed by atoms with Gasteiger partial charge >= 0.3 is 0 Å². The van der Waals surface area contributed by atoms with Gasteiger partial charge in [-0.1, -0.05) is 69.2 Å². The number of imide groups is 1. The Morgan fingerprint density at radius 1 is 0.824 bits per heavy atom. The van der Waals surface area contributed by atoms with Crippen LogP contribution in [0, 0.1) is 12.8 Å². The first kappa shape index (κ1) is 48.4. The van der Waals surface area contributed by atoms with Gasteiger partial charge in [0.2, 0.25) is 17.8 Å². The van der Waals surface area contributed by atoms with Crippen molar-refractivity contribution in [2.24, 2.45) is 5.92 Å². The zero-order valence-electron chi connectivity index (χ0n) is 40.3. The zero-order chi connectivity index (χ0) is 48.1. The van der Waals surface area contributed by atoms with Gasteiger partial charge < -0.3 is 15.3 Å². The van der Waals surface area contributed by atoms with E-state index in [1.165, 1.54) is 23.7 Å². The summed E-state index contributed by atoms with van der Waals surface area (Å²) in [4.78, 5) is 76.1. The van der Waals surface area contributed by atoms with Crippen LogP contribution in [0.2, 0.25) is 0 Å². The molecule has 3 saturated heterocycles. The number of anilines is 3. The van der Waals surface area contributed by atoms with Crippen LogP contribution in [-0.2, 0) is 34.7 Å². The first-order valence-corrected chi connectivity index (χ1v) is 24.5. The van der Waals surface area contributed by atoms with Crippen LogP contribution in [0.25, 0.3) is 11.0 Å². The first-order valence-electron chi connectivity index (χ1n) is 24.5. The Hall–Kier alpha value is -6.09. The number of likely N-dealkylation sites (tertiary alicyclic amines) is 1. The number of aromatic nitrogens is 3. The number of hydrogen-bond acceptors (Lipinski definition) is 12. The predicted octanol–water partition coefficient (Wildman–Crippen LogP) is 7.79. The highest BCUT2D eigenvalue weighted by molar-refractivity contribution is 6.00. The zero-order valence-corrected chi connectivity index (χ0v) is 40.3. The van der Waals surface area contributed by atoms with Crippen molar-refractivity contribution in [3.05, 3.63) is 122 Å². The third kappa shape index (κ3) is 10.9. The van der Waals surface area contributed by atoms with Gasteiger partial charge in [-0.2, -0.15) is 4.98 Å². The van der Waals surface area contributed by atoms with E-state index in [1.807, 2.05) is 44.2 Å². The lowest BCUT2D eigenvalue weighted by Gasteiger charge is -2.39. The smallest absolute Gasteiger partial charge is 0.263 e. The van der Waals surface area contributed by atoms with Crippen molar-refractivity contribution in [1.29, 1.82) is 0 Å². The average molecular weight is 923 g/mol. The minimum Gasteiger partial charge on any atom is -0.385 e. The lowest BCUT2D eigenvalue weighted by atomic mass is 9.82. The molecule has 0 bridgehead atoms. The van der Waals surface area contributed by atoms with Gasteiger partial charge in [-0.25, -0.2) is 4.98 Å². The van der Waals surface area contributed by atoms with Crippen molar-refractivity contribution >= 4 is 51.7 Å². The summed E-state index contributed by atoms with van der Waals surface area (Å²) in [6.45, 7) is 16.0. The number of ketones is 2. The number of piperidine rings is 2. The number of nitrogens with zero attached hydrogens (tertiary/aromatic N) is 6. The van der Waals surface area contributed by atoms with Crippen molar-refractivity contribution < 1.29 is 24.3 Å².